The third kappa shape index (κ3) is 2.58. The lowest BCUT2D eigenvalue weighted by atomic mass is 9.91. The molecule has 0 bridgehead atoms. The third-order valence-electron chi connectivity index (χ3n) is 2.97. The Kier molecular flexibility index (Phi) is 3.51. The van der Waals surface area contributed by atoms with Crippen LogP contribution in [0.15, 0.2) is 18.3 Å². The maximum atomic E-state index is 11.2. The number of nitrogens with zero attached hydrogens (tertiary/aromatic N) is 1. The maximum Gasteiger partial charge on any atom is 0.267 e. The number of ether oxygens (including phenoxy) is 1. The second-order valence-electron chi connectivity index (χ2n) is 4.14. The molecule has 4 heteroatoms. The van der Waals surface area contributed by atoms with Crippen LogP contribution in [0.2, 0.25) is 0 Å². The van der Waals surface area contributed by atoms with Gasteiger partial charge in [-0.15, -0.1) is 0 Å². The normalized spacial score (nSPS) is 17.2. The van der Waals surface area contributed by atoms with Gasteiger partial charge in [0, 0.05) is 19.4 Å². The van der Waals surface area contributed by atoms with E-state index >= 15 is 0 Å². The van der Waals surface area contributed by atoms with Crippen molar-refractivity contribution in [1.82, 2.24) is 4.98 Å². The van der Waals surface area contributed by atoms with Gasteiger partial charge in [-0.25, -0.2) is 0 Å². The molecule has 2 rings (SSSR count). The highest BCUT2D eigenvalue weighted by atomic mass is 16.5. The van der Waals surface area contributed by atoms with Crippen molar-refractivity contribution in [3.63, 3.8) is 0 Å². The zero-order valence-corrected chi connectivity index (χ0v) is 9.19. The Hall–Kier alpha value is -1.42. The molecule has 0 unspecified atom stereocenters. The van der Waals surface area contributed by atoms with Crippen LogP contribution in [0.1, 0.15) is 28.9 Å². The number of aromatic nitrogens is 1. The van der Waals surface area contributed by atoms with Crippen LogP contribution in [0.25, 0.3) is 0 Å². The Morgan fingerprint density at radius 1 is 1.50 bits per heavy atom. The number of hydrogen-bond donors (Lipinski definition) is 1. The Bertz CT molecular complexity index is 373. The van der Waals surface area contributed by atoms with Gasteiger partial charge in [-0.05, 0) is 36.8 Å². The molecule has 16 heavy (non-hydrogen) atoms. The molecule has 0 radical (unpaired) electrons. The van der Waals surface area contributed by atoms with E-state index in [-0.39, 0.29) is 0 Å². The summed E-state index contributed by atoms with van der Waals surface area (Å²) in [6, 6.07) is 3.78. The average molecular weight is 220 g/mol. The highest BCUT2D eigenvalue weighted by Gasteiger charge is 2.17. The highest BCUT2D eigenvalue weighted by molar-refractivity contribution is 5.92. The Morgan fingerprint density at radius 3 is 2.94 bits per heavy atom. The largest absolute Gasteiger partial charge is 0.381 e. The predicted molar refractivity (Wildman–Crippen MR) is 60.0 cm³/mol. The van der Waals surface area contributed by atoms with Crippen molar-refractivity contribution in [3.8, 4) is 0 Å². The molecular formula is C12H16N2O2. The molecule has 0 atom stereocenters. The summed E-state index contributed by atoms with van der Waals surface area (Å²) in [4.78, 5) is 15.2. The second kappa shape index (κ2) is 5.07. The summed E-state index contributed by atoms with van der Waals surface area (Å²) in [7, 11) is 0. The first-order valence-electron chi connectivity index (χ1n) is 5.59. The summed E-state index contributed by atoms with van der Waals surface area (Å²) in [5.41, 5.74) is 6.66. The lowest BCUT2D eigenvalue weighted by Crippen LogP contribution is -2.21. The molecule has 0 aromatic carbocycles. The smallest absolute Gasteiger partial charge is 0.267 e. The molecule has 1 saturated heterocycles. The third-order valence-corrected chi connectivity index (χ3v) is 2.97. The molecule has 1 amide bonds. The van der Waals surface area contributed by atoms with Crippen molar-refractivity contribution in [2.75, 3.05) is 13.2 Å². The van der Waals surface area contributed by atoms with Crippen LogP contribution >= 0.6 is 0 Å². The van der Waals surface area contributed by atoms with Crippen molar-refractivity contribution >= 4 is 5.91 Å². The number of amides is 1. The molecule has 1 aromatic rings. The van der Waals surface area contributed by atoms with Crippen LogP contribution in [-0.2, 0) is 11.2 Å². The van der Waals surface area contributed by atoms with Crippen molar-refractivity contribution in [1.29, 1.82) is 0 Å². The van der Waals surface area contributed by atoms with Crippen LogP contribution in [0.5, 0.6) is 0 Å². The summed E-state index contributed by atoms with van der Waals surface area (Å²) in [5.74, 6) is 0.138. The van der Waals surface area contributed by atoms with E-state index in [2.05, 4.69) is 4.98 Å². The van der Waals surface area contributed by atoms with E-state index in [4.69, 9.17) is 10.5 Å². The zero-order chi connectivity index (χ0) is 11.4. The summed E-state index contributed by atoms with van der Waals surface area (Å²) in [6.45, 7) is 1.63. The fourth-order valence-corrected chi connectivity index (χ4v) is 2.09. The molecule has 1 fully saturated rings. The van der Waals surface area contributed by atoms with E-state index in [0.29, 0.717) is 11.6 Å². The Morgan fingerprint density at radius 2 is 2.25 bits per heavy atom. The molecule has 1 aliphatic heterocycles. The number of carbonyl (C=O) groups excluding carboxylic acids is 1. The van der Waals surface area contributed by atoms with Crippen molar-refractivity contribution < 1.29 is 9.53 Å². The van der Waals surface area contributed by atoms with E-state index < -0.39 is 5.91 Å². The first-order chi connectivity index (χ1) is 7.77. The monoisotopic (exact) mass is 220 g/mol. The minimum Gasteiger partial charge on any atom is -0.381 e. The van der Waals surface area contributed by atoms with Gasteiger partial charge in [0.2, 0.25) is 0 Å². The van der Waals surface area contributed by atoms with Gasteiger partial charge in [0.25, 0.3) is 5.91 Å². The predicted octanol–water partition coefficient (Wildman–Crippen LogP) is 1.15. The maximum absolute atomic E-state index is 11.2. The minimum absolute atomic E-state index is 0.411. The van der Waals surface area contributed by atoms with Gasteiger partial charge in [0.1, 0.15) is 5.69 Å². The molecular weight excluding hydrogens is 204 g/mol. The molecule has 1 aliphatic rings. The van der Waals surface area contributed by atoms with Gasteiger partial charge in [-0.1, -0.05) is 6.07 Å². The quantitative estimate of drug-likeness (QED) is 0.831. The summed E-state index contributed by atoms with van der Waals surface area (Å²) in [6.07, 6.45) is 4.57. The lowest BCUT2D eigenvalue weighted by molar-refractivity contribution is 0.0664. The molecule has 86 valence electrons. The number of carbonyl (C=O) groups is 1. The average Bonchev–Trinajstić information content (AvgIpc) is 2.31. The van der Waals surface area contributed by atoms with E-state index in [1.165, 1.54) is 0 Å². The van der Waals surface area contributed by atoms with E-state index in [1.807, 2.05) is 12.1 Å². The van der Waals surface area contributed by atoms with Crippen LogP contribution in [0.3, 0.4) is 0 Å². The van der Waals surface area contributed by atoms with Gasteiger partial charge < -0.3 is 10.5 Å². The van der Waals surface area contributed by atoms with Crippen LogP contribution < -0.4 is 5.73 Å². The molecule has 1 aromatic heterocycles. The van der Waals surface area contributed by atoms with Crippen molar-refractivity contribution in [2.45, 2.75) is 19.3 Å². The van der Waals surface area contributed by atoms with Crippen LogP contribution in [-0.4, -0.2) is 24.1 Å². The number of hydrogen-bond acceptors (Lipinski definition) is 3. The Balaban J connectivity index is 2.10. The topological polar surface area (TPSA) is 65.2 Å². The molecule has 4 nitrogen and oxygen atoms in total. The molecule has 2 heterocycles. The summed E-state index contributed by atoms with van der Waals surface area (Å²) < 4.78 is 5.31. The minimum atomic E-state index is -0.442. The van der Waals surface area contributed by atoms with Crippen LogP contribution in [0.4, 0.5) is 0 Å². The number of nitrogens with two attached hydrogens (primary N) is 1. The van der Waals surface area contributed by atoms with Gasteiger partial charge in [-0.2, -0.15) is 0 Å². The highest BCUT2D eigenvalue weighted by Crippen LogP contribution is 2.21. The van der Waals surface area contributed by atoms with Crippen molar-refractivity contribution in [2.24, 2.45) is 11.7 Å². The van der Waals surface area contributed by atoms with Gasteiger partial charge in [0.15, 0.2) is 0 Å². The fourth-order valence-electron chi connectivity index (χ4n) is 2.09. The second-order valence-corrected chi connectivity index (χ2v) is 4.14. The fraction of sp³-hybridized carbons (Fsp3) is 0.500. The molecule has 0 spiro atoms. The number of pyridine rings is 1. The van der Waals surface area contributed by atoms with Crippen molar-refractivity contribution in [3.05, 3.63) is 29.6 Å². The summed E-state index contributed by atoms with van der Waals surface area (Å²) >= 11 is 0. The van der Waals surface area contributed by atoms with E-state index in [0.717, 1.165) is 38.0 Å². The standard InChI is InChI=1S/C12H16N2O2/c13-12(15)11-10(2-1-5-14-11)8-9-3-6-16-7-4-9/h1-2,5,9H,3-4,6-8H2,(H2,13,15). The summed E-state index contributed by atoms with van der Waals surface area (Å²) in [5, 5.41) is 0. The van der Waals surface area contributed by atoms with E-state index in [9.17, 15) is 4.79 Å². The molecule has 0 aliphatic carbocycles. The van der Waals surface area contributed by atoms with Gasteiger partial charge >= 0.3 is 0 Å². The SMILES string of the molecule is NC(=O)c1ncccc1CC1CCOCC1. The first-order valence-corrected chi connectivity index (χ1v) is 5.59. The first kappa shape index (κ1) is 11.1. The lowest BCUT2D eigenvalue weighted by Gasteiger charge is -2.22. The molecule has 2 N–H and O–H groups in total. The van der Waals surface area contributed by atoms with E-state index in [1.54, 1.807) is 6.20 Å². The molecule has 0 saturated carbocycles. The van der Waals surface area contributed by atoms with Crippen LogP contribution in [0, 0.1) is 5.92 Å². The number of rotatable bonds is 3. The Labute approximate surface area is 94.8 Å². The van der Waals surface area contributed by atoms with Gasteiger partial charge in [0.05, 0.1) is 0 Å². The zero-order valence-electron chi connectivity index (χ0n) is 9.19. The van der Waals surface area contributed by atoms with Gasteiger partial charge in [-0.3, -0.25) is 9.78 Å². The number of primary amides is 1.